The molecule has 4 rings (SSSR count). The van der Waals surface area contributed by atoms with Gasteiger partial charge in [-0.1, -0.05) is 0 Å². The van der Waals surface area contributed by atoms with Crippen molar-refractivity contribution in [3.8, 4) is 0 Å². The summed E-state index contributed by atoms with van der Waals surface area (Å²) in [5, 5.41) is 2.26. The van der Waals surface area contributed by atoms with E-state index < -0.39 is 33.3 Å². The molecule has 1 fully saturated rings. The average Bonchev–Trinajstić information content (AvgIpc) is 3.37. The van der Waals surface area contributed by atoms with E-state index in [1.54, 1.807) is 0 Å². The van der Waals surface area contributed by atoms with Crippen LogP contribution in [-0.2, 0) is 21.4 Å². The summed E-state index contributed by atoms with van der Waals surface area (Å²) in [6, 6.07) is 6.82. The Morgan fingerprint density at radius 2 is 1.84 bits per heavy atom. The summed E-state index contributed by atoms with van der Waals surface area (Å²) in [6.07, 6.45) is 1.39. The van der Waals surface area contributed by atoms with Crippen LogP contribution in [0.1, 0.15) is 19.3 Å². The zero-order chi connectivity index (χ0) is 22.2. The van der Waals surface area contributed by atoms with Gasteiger partial charge in [-0.3, -0.25) is 9.36 Å². The minimum absolute atomic E-state index is 0.0297. The minimum Gasteiger partial charge on any atom is -0.408 e. The van der Waals surface area contributed by atoms with Crippen LogP contribution < -0.4 is 11.1 Å². The third-order valence-electron chi connectivity index (χ3n) is 5.11. The molecule has 1 amide bonds. The number of fused-ring (bicyclic) bond motifs is 1. The fraction of sp³-hybridized carbons (Fsp3) is 0.300. The van der Waals surface area contributed by atoms with Crippen molar-refractivity contribution in [3.05, 3.63) is 58.6 Å². The molecular weight excluding hydrogens is 432 g/mol. The van der Waals surface area contributed by atoms with Crippen molar-refractivity contribution < 1.29 is 26.4 Å². The van der Waals surface area contributed by atoms with Crippen LogP contribution in [0, 0.1) is 11.6 Å². The van der Waals surface area contributed by atoms with Crippen LogP contribution in [0.5, 0.6) is 0 Å². The summed E-state index contributed by atoms with van der Waals surface area (Å²) in [7, 11) is -3.67. The summed E-state index contributed by atoms with van der Waals surface area (Å²) in [6.45, 7) is 0.811. The van der Waals surface area contributed by atoms with Crippen LogP contribution in [0.15, 0.2) is 50.5 Å². The summed E-state index contributed by atoms with van der Waals surface area (Å²) in [4.78, 5) is 24.4. The van der Waals surface area contributed by atoms with Crippen molar-refractivity contribution >= 4 is 32.7 Å². The average molecular weight is 451 g/mol. The molecule has 164 valence electrons. The van der Waals surface area contributed by atoms with E-state index in [2.05, 4.69) is 5.32 Å². The quantitative estimate of drug-likeness (QED) is 0.621. The first-order valence-corrected chi connectivity index (χ1v) is 11.1. The highest BCUT2D eigenvalue weighted by Gasteiger charge is 2.28. The lowest BCUT2D eigenvalue weighted by atomic mass is 10.2. The number of carbonyl (C=O) groups excluding carboxylic acids is 1. The first-order valence-electron chi connectivity index (χ1n) is 9.64. The molecule has 0 aliphatic carbocycles. The highest BCUT2D eigenvalue weighted by atomic mass is 32.2. The second-order valence-corrected chi connectivity index (χ2v) is 9.12. The van der Waals surface area contributed by atoms with Gasteiger partial charge in [0, 0.05) is 38.2 Å². The largest absolute Gasteiger partial charge is 0.419 e. The van der Waals surface area contributed by atoms with Crippen LogP contribution in [0.4, 0.5) is 14.5 Å². The maximum Gasteiger partial charge on any atom is 0.419 e. The number of rotatable bonds is 6. The molecule has 3 aromatic rings. The first-order chi connectivity index (χ1) is 14.8. The van der Waals surface area contributed by atoms with E-state index in [-0.39, 0.29) is 29.1 Å². The van der Waals surface area contributed by atoms with Crippen LogP contribution in [0.3, 0.4) is 0 Å². The number of hydrogen-bond donors (Lipinski definition) is 1. The van der Waals surface area contributed by atoms with Crippen LogP contribution in [0.2, 0.25) is 0 Å². The number of benzene rings is 2. The number of sulfonamides is 1. The van der Waals surface area contributed by atoms with Gasteiger partial charge in [0.25, 0.3) is 0 Å². The molecule has 0 atom stereocenters. The number of halogens is 2. The number of hydrogen-bond acceptors (Lipinski definition) is 5. The van der Waals surface area contributed by atoms with Gasteiger partial charge in [-0.05, 0) is 37.1 Å². The molecule has 31 heavy (non-hydrogen) atoms. The lowest BCUT2D eigenvalue weighted by Crippen LogP contribution is -2.27. The molecule has 0 radical (unpaired) electrons. The van der Waals surface area contributed by atoms with Gasteiger partial charge in [0.05, 0.1) is 16.1 Å². The zero-order valence-corrected chi connectivity index (χ0v) is 17.1. The van der Waals surface area contributed by atoms with E-state index >= 15 is 0 Å². The number of aromatic nitrogens is 1. The van der Waals surface area contributed by atoms with Crippen molar-refractivity contribution in [1.29, 1.82) is 0 Å². The molecular formula is C20H19F2N3O5S. The van der Waals surface area contributed by atoms with Gasteiger partial charge in [0.1, 0.15) is 11.6 Å². The zero-order valence-electron chi connectivity index (χ0n) is 16.3. The molecule has 0 bridgehead atoms. The monoisotopic (exact) mass is 451 g/mol. The number of amides is 1. The fourth-order valence-electron chi connectivity index (χ4n) is 3.52. The maximum absolute atomic E-state index is 13.7. The molecule has 1 aliphatic rings. The standard InChI is InChI=1S/C20H19F2N3O5S/c21-13-3-5-15(22)16(11-13)23-19(26)7-10-25-17-6-4-14(12-18(17)30-20(25)27)31(28,29)24-8-1-2-9-24/h3-6,11-12H,1-2,7-10H2,(H,23,26). The molecule has 0 spiro atoms. The molecule has 8 nitrogen and oxygen atoms in total. The molecule has 2 aromatic carbocycles. The van der Waals surface area contributed by atoms with Crippen LogP contribution >= 0.6 is 0 Å². The minimum atomic E-state index is -3.67. The number of carbonyl (C=O) groups is 1. The van der Waals surface area contributed by atoms with E-state index in [1.165, 1.54) is 27.1 Å². The molecule has 0 saturated carbocycles. The second-order valence-electron chi connectivity index (χ2n) is 7.18. The van der Waals surface area contributed by atoms with Crippen LogP contribution in [0.25, 0.3) is 11.1 Å². The molecule has 1 saturated heterocycles. The SMILES string of the molecule is O=C(CCn1c(=O)oc2cc(S(=O)(=O)N3CCCC3)ccc21)Nc1cc(F)ccc1F. The molecule has 1 N–H and O–H groups in total. The Hall–Kier alpha value is -3.05. The topological polar surface area (TPSA) is 102 Å². The van der Waals surface area contributed by atoms with Gasteiger partial charge in [-0.2, -0.15) is 4.31 Å². The van der Waals surface area contributed by atoms with Gasteiger partial charge < -0.3 is 9.73 Å². The Morgan fingerprint density at radius 1 is 1.10 bits per heavy atom. The first kappa shape index (κ1) is 21.2. The number of aryl methyl sites for hydroxylation is 1. The second kappa shape index (κ2) is 8.23. The molecule has 1 aromatic heterocycles. The van der Waals surface area contributed by atoms with E-state index in [1.807, 2.05) is 0 Å². The van der Waals surface area contributed by atoms with Gasteiger partial charge >= 0.3 is 5.76 Å². The lowest BCUT2D eigenvalue weighted by Gasteiger charge is -2.15. The van der Waals surface area contributed by atoms with Crippen molar-refractivity contribution in [2.75, 3.05) is 18.4 Å². The Morgan fingerprint density at radius 3 is 2.58 bits per heavy atom. The van der Waals surface area contributed by atoms with E-state index in [0.29, 0.717) is 18.6 Å². The van der Waals surface area contributed by atoms with E-state index in [0.717, 1.165) is 31.0 Å². The number of nitrogens with one attached hydrogen (secondary N) is 1. The third kappa shape index (κ3) is 4.23. The van der Waals surface area contributed by atoms with Crippen molar-refractivity contribution in [3.63, 3.8) is 0 Å². The number of nitrogens with zero attached hydrogens (tertiary/aromatic N) is 2. The van der Waals surface area contributed by atoms with Crippen molar-refractivity contribution in [1.82, 2.24) is 8.87 Å². The summed E-state index contributed by atoms with van der Waals surface area (Å²) in [5.41, 5.74) is 0.114. The van der Waals surface area contributed by atoms with E-state index in [9.17, 15) is 26.8 Å². The van der Waals surface area contributed by atoms with Crippen molar-refractivity contribution in [2.45, 2.75) is 30.7 Å². The van der Waals surface area contributed by atoms with Crippen LogP contribution in [-0.4, -0.2) is 36.3 Å². The molecule has 2 heterocycles. The summed E-state index contributed by atoms with van der Waals surface area (Å²) >= 11 is 0. The lowest BCUT2D eigenvalue weighted by molar-refractivity contribution is -0.116. The van der Waals surface area contributed by atoms with Gasteiger partial charge in [0.2, 0.25) is 15.9 Å². The third-order valence-corrected chi connectivity index (χ3v) is 7.00. The number of anilines is 1. The highest BCUT2D eigenvalue weighted by Crippen LogP contribution is 2.24. The van der Waals surface area contributed by atoms with E-state index in [4.69, 9.17) is 4.42 Å². The molecule has 11 heteroatoms. The number of oxazole rings is 1. The Bertz CT molecular complexity index is 1310. The molecule has 0 unspecified atom stereocenters. The molecule has 1 aliphatic heterocycles. The Labute approximate surface area is 176 Å². The maximum atomic E-state index is 13.7. The summed E-state index contributed by atoms with van der Waals surface area (Å²) in [5.74, 6) is -2.87. The van der Waals surface area contributed by atoms with Gasteiger partial charge in [0.15, 0.2) is 5.58 Å². The Kier molecular flexibility index (Phi) is 5.63. The fourth-order valence-corrected chi connectivity index (χ4v) is 5.05. The van der Waals surface area contributed by atoms with Gasteiger partial charge in [-0.15, -0.1) is 0 Å². The normalized spacial score (nSPS) is 14.9. The predicted molar refractivity (Wildman–Crippen MR) is 108 cm³/mol. The highest BCUT2D eigenvalue weighted by molar-refractivity contribution is 7.89. The van der Waals surface area contributed by atoms with Gasteiger partial charge in [-0.25, -0.2) is 22.0 Å². The summed E-state index contributed by atoms with van der Waals surface area (Å²) < 4.78 is 60.0. The predicted octanol–water partition coefficient (Wildman–Crippen LogP) is 2.69. The smallest absolute Gasteiger partial charge is 0.408 e. The van der Waals surface area contributed by atoms with Crippen molar-refractivity contribution in [2.24, 2.45) is 0 Å². The Balaban J connectivity index is 1.52.